The van der Waals surface area contributed by atoms with E-state index in [1.165, 1.54) is 12.1 Å². The van der Waals surface area contributed by atoms with E-state index in [2.05, 4.69) is 0 Å². The molecule has 1 aliphatic heterocycles. The lowest BCUT2D eigenvalue weighted by atomic mass is 10.0. The van der Waals surface area contributed by atoms with E-state index in [-0.39, 0.29) is 11.5 Å². The second-order valence-corrected chi connectivity index (χ2v) is 6.93. The molecule has 3 nitrogen and oxygen atoms in total. The van der Waals surface area contributed by atoms with E-state index in [1.807, 2.05) is 25.1 Å². The highest BCUT2D eigenvalue weighted by atomic mass is 35.5. The summed E-state index contributed by atoms with van der Waals surface area (Å²) in [4.78, 5) is 12.7. The van der Waals surface area contributed by atoms with Crippen molar-refractivity contribution in [1.29, 1.82) is 0 Å². The fourth-order valence-electron chi connectivity index (χ4n) is 3.09. The van der Waals surface area contributed by atoms with Crippen molar-refractivity contribution in [3.63, 3.8) is 0 Å². The molecule has 3 aromatic rings. The van der Waals surface area contributed by atoms with E-state index < -0.39 is 5.82 Å². The number of fused-ring (bicyclic) bond motifs is 1. The number of ketones is 1. The summed E-state index contributed by atoms with van der Waals surface area (Å²) in [6.07, 6.45) is 1.42. The summed E-state index contributed by atoms with van der Waals surface area (Å²) < 4.78 is 25.4. The second-order valence-electron chi connectivity index (χ2n) is 6.49. The van der Waals surface area contributed by atoms with Gasteiger partial charge in [0.2, 0.25) is 5.78 Å². The SMILES string of the molecule is Cc1cc(OCc2cccc(Cl)c2)cc2c1C(=O)/C(=C/c1ccccc1F)O2. The molecule has 0 spiro atoms. The first-order valence-electron chi connectivity index (χ1n) is 8.72. The Kier molecular flexibility index (Phi) is 4.88. The van der Waals surface area contributed by atoms with Crippen LogP contribution in [0.25, 0.3) is 6.08 Å². The van der Waals surface area contributed by atoms with E-state index >= 15 is 0 Å². The zero-order valence-electron chi connectivity index (χ0n) is 15.0. The number of hydrogen-bond donors (Lipinski definition) is 0. The van der Waals surface area contributed by atoms with Gasteiger partial charge in [-0.1, -0.05) is 41.9 Å². The van der Waals surface area contributed by atoms with Crippen LogP contribution in [0.5, 0.6) is 11.5 Å². The Morgan fingerprint density at radius 1 is 1.11 bits per heavy atom. The largest absolute Gasteiger partial charge is 0.489 e. The maximum Gasteiger partial charge on any atom is 0.232 e. The Bertz CT molecular complexity index is 1100. The molecule has 28 heavy (non-hydrogen) atoms. The molecule has 0 N–H and O–H groups in total. The summed E-state index contributed by atoms with van der Waals surface area (Å²) in [6, 6.07) is 17.1. The van der Waals surface area contributed by atoms with Crippen LogP contribution in [0.1, 0.15) is 27.0 Å². The van der Waals surface area contributed by atoms with Crippen molar-refractivity contribution in [2.45, 2.75) is 13.5 Å². The lowest BCUT2D eigenvalue weighted by molar-refractivity contribution is 0.101. The summed E-state index contributed by atoms with van der Waals surface area (Å²) in [6.45, 7) is 2.16. The predicted octanol–water partition coefficient (Wildman–Crippen LogP) is 5.98. The van der Waals surface area contributed by atoms with Crippen LogP contribution < -0.4 is 9.47 Å². The fourth-order valence-corrected chi connectivity index (χ4v) is 3.30. The van der Waals surface area contributed by atoms with Crippen LogP contribution >= 0.6 is 11.6 Å². The normalized spacial score (nSPS) is 14.1. The quantitative estimate of drug-likeness (QED) is 0.510. The third kappa shape index (κ3) is 3.64. The van der Waals surface area contributed by atoms with E-state index in [9.17, 15) is 9.18 Å². The highest BCUT2D eigenvalue weighted by molar-refractivity contribution is 6.30. The first-order chi connectivity index (χ1) is 13.5. The zero-order chi connectivity index (χ0) is 19.7. The summed E-state index contributed by atoms with van der Waals surface area (Å²) in [5.74, 6) is 0.404. The van der Waals surface area contributed by atoms with Gasteiger partial charge in [0.25, 0.3) is 0 Å². The Hall–Kier alpha value is -3.11. The molecule has 0 aromatic heterocycles. The number of benzene rings is 3. The van der Waals surface area contributed by atoms with Crippen LogP contribution in [-0.2, 0) is 6.61 Å². The fraction of sp³-hybridized carbons (Fsp3) is 0.0870. The maximum absolute atomic E-state index is 13.9. The van der Waals surface area contributed by atoms with Crippen molar-refractivity contribution >= 4 is 23.5 Å². The molecule has 1 heterocycles. The molecular weight excluding hydrogens is 379 g/mol. The number of allylic oxidation sites excluding steroid dienone is 1. The van der Waals surface area contributed by atoms with Crippen LogP contribution in [0.4, 0.5) is 4.39 Å². The highest BCUT2D eigenvalue weighted by Crippen LogP contribution is 2.37. The van der Waals surface area contributed by atoms with Gasteiger partial charge in [0.05, 0.1) is 5.56 Å². The van der Waals surface area contributed by atoms with Crippen LogP contribution in [0.2, 0.25) is 5.02 Å². The number of halogens is 2. The van der Waals surface area contributed by atoms with Crippen LogP contribution in [0.15, 0.2) is 66.4 Å². The molecule has 0 amide bonds. The number of carbonyl (C=O) groups is 1. The van der Waals surface area contributed by atoms with Crippen LogP contribution in [-0.4, -0.2) is 5.78 Å². The molecule has 140 valence electrons. The molecule has 0 atom stereocenters. The minimum absolute atomic E-state index is 0.0928. The molecule has 0 radical (unpaired) electrons. The van der Waals surface area contributed by atoms with Crippen LogP contribution in [0.3, 0.4) is 0 Å². The summed E-state index contributed by atoms with van der Waals surface area (Å²) in [7, 11) is 0. The van der Waals surface area contributed by atoms with Gasteiger partial charge in [-0.15, -0.1) is 0 Å². The monoisotopic (exact) mass is 394 g/mol. The van der Waals surface area contributed by atoms with E-state index in [0.717, 1.165) is 11.1 Å². The predicted molar refractivity (Wildman–Crippen MR) is 106 cm³/mol. The van der Waals surface area contributed by atoms with Crippen LogP contribution in [0, 0.1) is 12.7 Å². The van der Waals surface area contributed by atoms with Gasteiger partial charge >= 0.3 is 0 Å². The first-order valence-corrected chi connectivity index (χ1v) is 9.10. The lowest BCUT2D eigenvalue weighted by Gasteiger charge is -2.09. The van der Waals surface area contributed by atoms with E-state index in [0.29, 0.717) is 34.3 Å². The molecule has 0 saturated carbocycles. The van der Waals surface area contributed by atoms with Crippen molar-refractivity contribution < 1.29 is 18.7 Å². The second kappa shape index (κ2) is 7.49. The van der Waals surface area contributed by atoms with Gasteiger partial charge in [0.1, 0.15) is 23.9 Å². The third-order valence-corrected chi connectivity index (χ3v) is 4.67. The Morgan fingerprint density at radius 3 is 2.71 bits per heavy atom. The van der Waals surface area contributed by atoms with E-state index in [1.54, 1.807) is 36.4 Å². The van der Waals surface area contributed by atoms with Crippen molar-refractivity contribution in [3.8, 4) is 11.5 Å². The standard InChI is InChI=1S/C23H16ClFO3/c1-14-9-18(27-13-15-5-4-7-17(24)10-15)12-20-22(14)23(26)21(28-20)11-16-6-2-3-8-19(16)25/h2-12H,13H2,1H3/b21-11-. The first kappa shape index (κ1) is 18.3. The lowest BCUT2D eigenvalue weighted by Crippen LogP contribution is -2.00. The van der Waals surface area contributed by atoms with Crippen molar-refractivity contribution in [2.24, 2.45) is 0 Å². The molecule has 0 fully saturated rings. The average Bonchev–Trinajstić information content (AvgIpc) is 2.98. The topological polar surface area (TPSA) is 35.5 Å². The average molecular weight is 395 g/mol. The number of carbonyl (C=O) groups excluding carboxylic acids is 1. The van der Waals surface area contributed by atoms with Crippen molar-refractivity contribution in [3.05, 3.63) is 99.5 Å². The molecule has 4 rings (SSSR count). The molecule has 3 aromatic carbocycles. The van der Waals surface area contributed by atoms with Gasteiger partial charge in [0.15, 0.2) is 5.76 Å². The summed E-state index contributed by atoms with van der Waals surface area (Å²) >= 11 is 5.99. The van der Waals surface area contributed by atoms with Gasteiger partial charge in [0, 0.05) is 16.7 Å². The zero-order valence-corrected chi connectivity index (χ0v) is 15.8. The minimum atomic E-state index is -0.412. The number of Topliss-reactive ketones (excluding diaryl/α,β-unsaturated/α-hetero) is 1. The molecule has 0 saturated heterocycles. The number of hydrogen-bond acceptors (Lipinski definition) is 3. The molecule has 0 aliphatic carbocycles. The third-order valence-electron chi connectivity index (χ3n) is 4.43. The summed E-state index contributed by atoms with van der Waals surface area (Å²) in [5.41, 5.74) is 2.44. The molecule has 1 aliphatic rings. The Balaban J connectivity index is 1.58. The van der Waals surface area contributed by atoms with Crippen molar-refractivity contribution in [1.82, 2.24) is 0 Å². The molecular formula is C23H16ClFO3. The number of ether oxygens (including phenoxy) is 2. The minimum Gasteiger partial charge on any atom is -0.489 e. The molecule has 5 heteroatoms. The van der Waals surface area contributed by atoms with Gasteiger partial charge < -0.3 is 9.47 Å². The summed E-state index contributed by atoms with van der Waals surface area (Å²) in [5, 5.41) is 0.642. The smallest absolute Gasteiger partial charge is 0.232 e. The number of aryl methyl sites for hydroxylation is 1. The maximum atomic E-state index is 13.9. The number of rotatable bonds is 4. The Morgan fingerprint density at radius 2 is 1.93 bits per heavy atom. The Labute approximate surface area is 167 Å². The van der Waals surface area contributed by atoms with Crippen molar-refractivity contribution in [2.75, 3.05) is 0 Å². The van der Waals surface area contributed by atoms with Gasteiger partial charge in [-0.25, -0.2) is 4.39 Å². The van der Waals surface area contributed by atoms with Gasteiger partial charge in [-0.05, 0) is 48.4 Å². The molecule has 0 bridgehead atoms. The van der Waals surface area contributed by atoms with E-state index in [4.69, 9.17) is 21.1 Å². The van der Waals surface area contributed by atoms with Gasteiger partial charge in [-0.3, -0.25) is 4.79 Å². The molecule has 0 unspecified atom stereocenters. The van der Waals surface area contributed by atoms with Gasteiger partial charge in [-0.2, -0.15) is 0 Å². The highest BCUT2D eigenvalue weighted by Gasteiger charge is 2.30.